The quantitative estimate of drug-likeness (QED) is 0.437. The number of ether oxygens (including phenoxy) is 2. The normalized spacial score (nSPS) is 15.3. The second kappa shape index (κ2) is 9.71. The summed E-state index contributed by atoms with van der Waals surface area (Å²) in [5, 5.41) is 2.94. The van der Waals surface area contributed by atoms with Crippen LogP contribution in [0.25, 0.3) is 6.08 Å². The standard InChI is InChI=1S/C27H23N3O5S/c1-16-23(25(31)29-17-8-5-4-6-9-17)24(20-12-11-18(33-2)14-21(20)34-3)30-26(32)22(36-27(30)28-16)15-19-10-7-13-35-19/h4-15,24H,1-3H3,(H,29,31)/b22-15-/t24-/m1/s1. The molecule has 0 radical (unpaired) electrons. The zero-order chi connectivity index (χ0) is 25.2. The minimum atomic E-state index is -0.774. The molecule has 2 aromatic heterocycles. The molecule has 0 saturated carbocycles. The third-order valence-electron chi connectivity index (χ3n) is 5.85. The van der Waals surface area contributed by atoms with Crippen LogP contribution in [0, 0.1) is 0 Å². The van der Waals surface area contributed by atoms with Gasteiger partial charge < -0.3 is 19.2 Å². The van der Waals surface area contributed by atoms with E-state index >= 15 is 0 Å². The van der Waals surface area contributed by atoms with E-state index in [1.165, 1.54) is 15.9 Å². The molecular formula is C27H23N3O5S. The molecule has 1 atom stereocenters. The van der Waals surface area contributed by atoms with E-state index in [-0.39, 0.29) is 11.5 Å². The molecular weight excluding hydrogens is 478 g/mol. The zero-order valence-electron chi connectivity index (χ0n) is 19.8. The first-order chi connectivity index (χ1) is 17.5. The SMILES string of the molecule is COc1ccc([C@@H]2C(C(=O)Nc3ccccc3)=C(C)N=c3s/c(=C\c4ccco4)c(=O)n32)c(OC)c1. The number of thiazole rings is 1. The van der Waals surface area contributed by atoms with Crippen LogP contribution in [0.5, 0.6) is 11.5 Å². The number of carbonyl (C=O) groups excluding carboxylic acids is 1. The highest BCUT2D eigenvalue weighted by Crippen LogP contribution is 2.37. The van der Waals surface area contributed by atoms with Crippen molar-refractivity contribution in [3.63, 3.8) is 0 Å². The summed E-state index contributed by atoms with van der Waals surface area (Å²) in [6.07, 6.45) is 3.22. The van der Waals surface area contributed by atoms with Gasteiger partial charge in [-0.2, -0.15) is 0 Å². The molecule has 0 spiro atoms. The lowest BCUT2D eigenvalue weighted by Gasteiger charge is -2.26. The Morgan fingerprint density at radius 1 is 1.11 bits per heavy atom. The molecule has 1 aliphatic rings. The number of nitrogens with zero attached hydrogens (tertiary/aromatic N) is 2. The Kier molecular flexibility index (Phi) is 6.30. The van der Waals surface area contributed by atoms with Crippen LogP contribution in [0.1, 0.15) is 24.3 Å². The molecule has 1 N–H and O–H groups in total. The second-order valence-corrected chi connectivity index (χ2v) is 9.03. The number of rotatable bonds is 6. The Balaban J connectivity index is 1.73. The molecule has 4 aromatic rings. The fourth-order valence-electron chi connectivity index (χ4n) is 4.17. The Labute approximate surface area is 210 Å². The Morgan fingerprint density at radius 2 is 1.92 bits per heavy atom. The first kappa shape index (κ1) is 23.4. The average Bonchev–Trinajstić information content (AvgIpc) is 3.51. The number of aromatic nitrogens is 1. The van der Waals surface area contributed by atoms with Crippen LogP contribution >= 0.6 is 11.3 Å². The van der Waals surface area contributed by atoms with E-state index in [0.717, 1.165) is 0 Å². The molecule has 3 heterocycles. The number of allylic oxidation sites excluding steroid dienone is 1. The fourth-order valence-corrected chi connectivity index (χ4v) is 5.20. The summed E-state index contributed by atoms with van der Waals surface area (Å²) >= 11 is 1.24. The molecule has 5 rings (SSSR count). The lowest BCUT2D eigenvalue weighted by atomic mass is 9.94. The van der Waals surface area contributed by atoms with E-state index in [1.807, 2.05) is 18.2 Å². The molecule has 0 aliphatic carbocycles. The maximum Gasteiger partial charge on any atom is 0.271 e. The highest BCUT2D eigenvalue weighted by atomic mass is 32.1. The first-order valence-corrected chi connectivity index (χ1v) is 12.0. The molecule has 0 bridgehead atoms. The third-order valence-corrected chi connectivity index (χ3v) is 6.83. The third kappa shape index (κ3) is 4.25. The van der Waals surface area contributed by atoms with Gasteiger partial charge >= 0.3 is 0 Å². The zero-order valence-corrected chi connectivity index (χ0v) is 20.7. The van der Waals surface area contributed by atoms with Gasteiger partial charge in [-0.25, -0.2) is 4.99 Å². The highest BCUT2D eigenvalue weighted by molar-refractivity contribution is 7.07. The van der Waals surface area contributed by atoms with Crippen molar-refractivity contribution < 1.29 is 18.7 Å². The van der Waals surface area contributed by atoms with Crippen molar-refractivity contribution >= 4 is 29.0 Å². The number of anilines is 1. The molecule has 0 unspecified atom stereocenters. The van der Waals surface area contributed by atoms with Gasteiger partial charge in [0.25, 0.3) is 11.5 Å². The van der Waals surface area contributed by atoms with Crippen LogP contribution in [0.3, 0.4) is 0 Å². The van der Waals surface area contributed by atoms with E-state index in [2.05, 4.69) is 10.3 Å². The monoisotopic (exact) mass is 501 g/mol. The maximum atomic E-state index is 13.7. The van der Waals surface area contributed by atoms with Gasteiger partial charge in [-0.05, 0) is 43.3 Å². The second-order valence-electron chi connectivity index (χ2n) is 8.03. The van der Waals surface area contributed by atoms with Crippen molar-refractivity contribution in [2.24, 2.45) is 4.99 Å². The predicted molar refractivity (Wildman–Crippen MR) is 137 cm³/mol. The van der Waals surface area contributed by atoms with E-state index < -0.39 is 6.04 Å². The van der Waals surface area contributed by atoms with Gasteiger partial charge in [-0.1, -0.05) is 29.5 Å². The van der Waals surface area contributed by atoms with Gasteiger partial charge in [0.1, 0.15) is 23.3 Å². The minimum Gasteiger partial charge on any atom is -0.497 e. The molecule has 8 nitrogen and oxygen atoms in total. The number of para-hydroxylation sites is 1. The van der Waals surface area contributed by atoms with Crippen molar-refractivity contribution in [3.8, 4) is 11.5 Å². The predicted octanol–water partition coefficient (Wildman–Crippen LogP) is 3.48. The number of hydrogen-bond donors (Lipinski definition) is 1. The van der Waals surface area contributed by atoms with Gasteiger partial charge in [0.15, 0.2) is 4.80 Å². The molecule has 9 heteroatoms. The van der Waals surface area contributed by atoms with Crippen molar-refractivity contribution in [2.75, 3.05) is 19.5 Å². The Morgan fingerprint density at radius 3 is 2.61 bits per heavy atom. The van der Waals surface area contributed by atoms with Gasteiger partial charge in [-0.3, -0.25) is 14.2 Å². The molecule has 0 saturated heterocycles. The summed E-state index contributed by atoms with van der Waals surface area (Å²) in [7, 11) is 3.11. The average molecular weight is 502 g/mol. The van der Waals surface area contributed by atoms with E-state index in [1.54, 1.807) is 75.9 Å². The van der Waals surface area contributed by atoms with Crippen LogP contribution in [0.4, 0.5) is 5.69 Å². The van der Waals surface area contributed by atoms with Crippen LogP contribution in [0.2, 0.25) is 0 Å². The topological polar surface area (TPSA) is 95.1 Å². The number of fused-ring (bicyclic) bond motifs is 1. The number of hydrogen-bond acceptors (Lipinski definition) is 7. The van der Waals surface area contributed by atoms with Crippen molar-refractivity contribution in [2.45, 2.75) is 13.0 Å². The number of methoxy groups -OCH3 is 2. The summed E-state index contributed by atoms with van der Waals surface area (Å²) in [6.45, 7) is 1.77. The molecule has 0 fully saturated rings. The Hall–Kier alpha value is -4.37. The molecule has 182 valence electrons. The van der Waals surface area contributed by atoms with E-state index in [0.29, 0.717) is 49.1 Å². The highest BCUT2D eigenvalue weighted by Gasteiger charge is 2.34. The van der Waals surface area contributed by atoms with Crippen molar-refractivity contribution in [1.29, 1.82) is 0 Å². The summed E-state index contributed by atoms with van der Waals surface area (Å²) in [5.74, 6) is 1.28. The van der Waals surface area contributed by atoms with Gasteiger partial charge in [0.05, 0.1) is 36.3 Å². The van der Waals surface area contributed by atoms with Gasteiger partial charge in [0, 0.05) is 23.4 Å². The number of furan rings is 1. The van der Waals surface area contributed by atoms with Gasteiger partial charge in [0.2, 0.25) is 0 Å². The van der Waals surface area contributed by atoms with E-state index in [4.69, 9.17) is 13.9 Å². The van der Waals surface area contributed by atoms with E-state index in [9.17, 15) is 9.59 Å². The number of benzene rings is 2. The Bertz CT molecular complexity index is 1630. The van der Waals surface area contributed by atoms with Gasteiger partial charge in [-0.15, -0.1) is 0 Å². The smallest absolute Gasteiger partial charge is 0.271 e. The van der Waals surface area contributed by atoms with Crippen LogP contribution in [-0.2, 0) is 4.79 Å². The van der Waals surface area contributed by atoms with Crippen LogP contribution in [0.15, 0.2) is 92.4 Å². The van der Waals surface area contributed by atoms with Crippen LogP contribution in [-0.4, -0.2) is 24.7 Å². The summed E-state index contributed by atoms with van der Waals surface area (Å²) in [5.41, 5.74) is 1.85. The number of carbonyl (C=O) groups is 1. The molecule has 36 heavy (non-hydrogen) atoms. The summed E-state index contributed by atoms with van der Waals surface area (Å²) in [6, 6.07) is 17.2. The summed E-state index contributed by atoms with van der Waals surface area (Å²) in [4.78, 5) is 32.5. The largest absolute Gasteiger partial charge is 0.497 e. The minimum absolute atomic E-state index is 0.282. The van der Waals surface area contributed by atoms with Crippen molar-refractivity contribution in [3.05, 3.63) is 109 Å². The van der Waals surface area contributed by atoms with Crippen LogP contribution < -0.4 is 29.7 Å². The van der Waals surface area contributed by atoms with Crippen molar-refractivity contribution in [1.82, 2.24) is 4.57 Å². The molecule has 2 aromatic carbocycles. The molecule has 1 aliphatic heterocycles. The lowest BCUT2D eigenvalue weighted by Crippen LogP contribution is -2.40. The fraction of sp³-hybridized carbons (Fsp3) is 0.148. The first-order valence-electron chi connectivity index (χ1n) is 11.1. The summed E-state index contributed by atoms with van der Waals surface area (Å²) < 4.78 is 18.4. The lowest BCUT2D eigenvalue weighted by molar-refractivity contribution is -0.113. The molecule has 1 amide bonds. The number of nitrogens with one attached hydrogen (secondary N) is 1. The maximum absolute atomic E-state index is 13.7. The number of amides is 1.